The molecule has 0 aromatic heterocycles. The Morgan fingerprint density at radius 1 is 1.00 bits per heavy atom. The molecule has 0 saturated heterocycles. The van der Waals surface area contributed by atoms with Crippen LogP contribution in [0.4, 0.5) is 0 Å². The van der Waals surface area contributed by atoms with Crippen LogP contribution < -0.4 is 5.73 Å². The van der Waals surface area contributed by atoms with Gasteiger partial charge >= 0.3 is 0 Å². The third kappa shape index (κ3) is 5.38. The van der Waals surface area contributed by atoms with Gasteiger partial charge in [-0.3, -0.25) is 10.1 Å². The maximum Gasteiger partial charge on any atom is 0.261 e. The summed E-state index contributed by atoms with van der Waals surface area (Å²) in [6.07, 6.45) is 0. The summed E-state index contributed by atoms with van der Waals surface area (Å²) in [6, 6.07) is 12.5. The van der Waals surface area contributed by atoms with Gasteiger partial charge in [0.2, 0.25) is 0 Å². The Labute approximate surface area is 166 Å². The summed E-state index contributed by atoms with van der Waals surface area (Å²) in [4.78, 5) is 11.3. The molecule has 2 atom stereocenters. The molecule has 2 aromatic carbocycles. The zero-order valence-electron chi connectivity index (χ0n) is 17.3. The highest BCUT2D eigenvalue weighted by Gasteiger charge is 2.25. The van der Waals surface area contributed by atoms with Gasteiger partial charge in [-0.05, 0) is 45.9 Å². The van der Waals surface area contributed by atoms with Crippen molar-refractivity contribution in [2.45, 2.75) is 38.3 Å². The van der Waals surface area contributed by atoms with Crippen LogP contribution in [0.1, 0.15) is 49.5 Å². The highest BCUT2D eigenvalue weighted by atomic mass is 16.6. The van der Waals surface area contributed by atoms with Gasteiger partial charge in [0.1, 0.15) is 6.61 Å². The Hall–Kier alpha value is -2.28. The average molecular weight is 386 g/mol. The molecule has 2 aromatic rings. The molecular weight excluding hydrogens is 356 g/mol. The number of nitrogens with zero attached hydrogens (tertiary/aromatic N) is 1. The highest BCUT2D eigenvalue weighted by Crippen LogP contribution is 2.32. The minimum absolute atomic E-state index is 0.00231. The lowest BCUT2D eigenvalue weighted by Crippen LogP contribution is -2.19. The van der Waals surface area contributed by atoms with Crippen LogP contribution in [0.3, 0.4) is 0 Å². The summed E-state index contributed by atoms with van der Waals surface area (Å²) in [6.45, 7) is 6.80. The number of rotatable bonds is 8. The van der Waals surface area contributed by atoms with Gasteiger partial charge in [-0.25, -0.2) is 0 Å². The zero-order chi connectivity index (χ0) is 20.9. The van der Waals surface area contributed by atoms with Crippen LogP contribution in [-0.4, -0.2) is 32.4 Å². The molecule has 6 heteroatoms. The fourth-order valence-electron chi connectivity index (χ4n) is 3.13. The Kier molecular flexibility index (Phi) is 7.29. The van der Waals surface area contributed by atoms with Gasteiger partial charge in [-0.2, -0.15) is 0 Å². The van der Waals surface area contributed by atoms with Crippen LogP contribution in [-0.2, 0) is 14.9 Å². The molecule has 152 valence electrons. The number of methoxy groups -OCH3 is 2. The molecule has 0 spiro atoms. The van der Waals surface area contributed by atoms with Gasteiger partial charge in [0.05, 0.1) is 12.6 Å². The predicted molar refractivity (Wildman–Crippen MR) is 111 cm³/mol. The number of ether oxygens (including phenoxy) is 2. The number of hydrogen-bond acceptors (Lipinski definition) is 5. The van der Waals surface area contributed by atoms with Crippen molar-refractivity contribution in [2.75, 3.05) is 27.4 Å². The van der Waals surface area contributed by atoms with E-state index in [1.165, 1.54) is 12.7 Å². The van der Waals surface area contributed by atoms with Crippen molar-refractivity contribution in [1.29, 1.82) is 0 Å². The standard InChI is InChI=1S/C22H30N2O4/c1-22(2,3)19-8-6-7-15(12-19)16-9-17(20(23)13-27-4)11-18(10-16)21(14-28-5)24(25)26/h6-12,20-21H,13-14,23H2,1-5H3. The molecule has 2 unspecified atom stereocenters. The Morgan fingerprint density at radius 3 is 2.21 bits per heavy atom. The lowest BCUT2D eigenvalue weighted by molar-refractivity contribution is -0.532. The summed E-state index contributed by atoms with van der Waals surface area (Å²) < 4.78 is 10.3. The van der Waals surface area contributed by atoms with Crippen molar-refractivity contribution < 1.29 is 14.4 Å². The zero-order valence-corrected chi connectivity index (χ0v) is 17.3. The van der Waals surface area contributed by atoms with E-state index in [4.69, 9.17) is 15.2 Å². The van der Waals surface area contributed by atoms with E-state index < -0.39 is 6.04 Å². The number of nitro groups is 1. The first-order chi connectivity index (χ1) is 13.2. The first-order valence-electron chi connectivity index (χ1n) is 9.30. The fraction of sp³-hybridized carbons (Fsp3) is 0.455. The van der Waals surface area contributed by atoms with E-state index in [1.807, 2.05) is 24.3 Å². The van der Waals surface area contributed by atoms with Gasteiger partial charge < -0.3 is 15.2 Å². The third-order valence-electron chi connectivity index (χ3n) is 4.78. The van der Waals surface area contributed by atoms with Gasteiger partial charge in [0, 0.05) is 24.7 Å². The van der Waals surface area contributed by atoms with Crippen molar-refractivity contribution in [1.82, 2.24) is 0 Å². The van der Waals surface area contributed by atoms with Crippen molar-refractivity contribution in [3.63, 3.8) is 0 Å². The van der Waals surface area contributed by atoms with Crippen LogP contribution in [0.15, 0.2) is 42.5 Å². The van der Waals surface area contributed by atoms with Crippen molar-refractivity contribution in [3.8, 4) is 11.1 Å². The number of benzene rings is 2. The summed E-state index contributed by atoms with van der Waals surface area (Å²) in [5.74, 6) is 0. The van der Waals surface area contributed by atoms with E-state index in [1.54, 1.807) is 13.2 Å². The van der Waals surface area contributed by atoms with Crippen LogP contribution in [0.5, 0.6) is 0 Å². The van der Waals surface area contributed by atoms with E-state index in [2.05, 4.69) is 32.9 Å². The normalized spacial score (nSPS) is 13.9. The second-order valence-electron chi connectivity index (χ2n) is 8.04. The van der Waals surface area contributed by atoms with Crippen molar-refractivity contribution in [2.24, 2.45) is 5.73 Å². The molecule has 0 aliphatic rings. The summed E-state index contributed by atoms with van der Waals surface area (Å²) in [7, 11) is 3.05. The number of nitrogens with two attached hydrogens (primary N) is 1. The fourth-order valence-corrected chi connectivity index (χ4v) is 3.13. The second kappa shape index (κ2) is 9.28. The molecule has 0 saturated carbocycles. The van der Waals surface area contributed by atoms with E-state index in [9.17, 15) is 10.1 Å². The summed E-state index contributed by atoms with van der Waals surface area (Å²) in [5, 5.41) is 11.6. The monoisotopic (exact) mass is 386 g/mol. The van der Waals surface area contributed by atoms with E-state index in [-0.39, 0.29) is 23.0 Å². The number of hydrogen-bond donors (Lipinski definition) is 1. The van der Waals surface area contributed by atoms with E-state index >= 15 is 0 Å². The lowest BCUT2D eigenvalue weighted by Gasteiger charge is -2.21. The van der Waals surface area contributed by atoms with Crippen LogP contribution in [0, 0.1) is 10.1 Å². The molecule has 2 rings (SSSR count). The minimum Gasteiger partial charge on any atom is -0.383 e. The Bertz CT molecular complexity index is 814. The Morgan fingerprint density at radius 2 is 1.64 bits per heavy atom. The first-order valence-corrected chi connectivity index (χ1v) is 9.30. The molecule has 28 heavy (non-hydrogen) atoms. The Balaban J connectivity index is 2.61. The van der Waals surface area contributed by atoms with Crippen molar-refractivity contribution in [3.05, 3.63) is 69.3 Å². The van der Waals surface area contributed by atoms with Gasteiger partial charge in [0.25, 0.3) is 6.04 Å². The predicted octanol–water partition coefficient (Wildman–Crippen LogP) is 4.26. The third-order valence-corrected chi connectivity index (χ3v) is 4.78. The topological polar surface area (TPSA) is 87.6 Å². The maximum atomic E-state index is 11.6. The average Bonchev–Trinajstić information content (AvgIpc) is 2.65. The highest BCUT2D eigenvalue weighted by molar-refractivity contribution is 5.66. The second-order valence-corrected chi connectivity index (χ2v) is 8.04. The SMILES string of the molecule is COCC(N)c1cc(-c2cccc(C(C)(C)C)c2)cc(C(COC)[N+](=O)[O-])c1. The summed E-state index contributed by atoms with van der Waals surface area (Å²) in [5.41, 5.74) is 10.7. The first kappa shape index (κ1) is 22.0. The smallest absolute Gasteiger partial charge is 0.261 e. The van der Waals surface area contributed by atoms with Crippen LogP contribution >= 0.6 is 0 Å². The quantitative estimate of drug-likeness (QED) is 0.541. The molecule has 0 bridgehead atoms. The van der Waals surface area contributed by atoms with Crippen molar-refractivity contribution >= 4 is 0 Å². The molecule has 0 fully saturated rings. The largest absolute Gasteiger partial charge is 0.383 e. The van der Waals surface area contributed by atoms with Gasteiger partial charge in [0.15, 0.2) is 0 Å². The molecule has 0 heterocycles. The van der Waals surface area contributed by atoms with E-state index in [0.29, 0.717) is 12.2 Å². The van der Waals surface area contributed by atoms with Crippen LogP contribution in [0.25, 0.3) is 11.1 Å². The molecule has 0 radical (unpaired) electrons. The molecule has 2 N–H and O–H groups in total. The lowest BCUT2D eigenvalue weighted by atomic mass is 9.85. The molecule has 0 amide bonds. The molecular formula is C22H30N2O4. The van der Waals surface area contributed by atoms with Gasteiger partial charge in [-0.1, -0.05) is 45.0 Å². The summed E-state index contributed by atoms with van der Waals surface area (Å²) >= 11 is 0. The maximum absolute atomic E-state index is 11.6. The van der Waals surface area contributed by atoms with Crippen LogP contribution in [0.2, 0.25) is 0 Å². The van der Waals surface area contributed by atoms with Gasteiger partial charge in [-0.15, -0.1) is 0 Å². The molecule has 0 aliphatic heterocycles. The molecule has 6 nitrogen and oxygen atoms in total. The minimum atomic E-state index is -0.954. The van der Waals surface area contributed by atoms with E-state index in [0.717, 1.165) is 16.7 Å². The molecule has 0 aliphatic carbocycles.